The zero-order valence-electron chi connectivity index (χ0n) is 9.97. The van der Waals surface area contributed by atoms with Gasteiger partial charge in [0, 0.05) is 6.42 Å². The number of carbonyl (C=O) groups excluding carboxylic acids is 2. The number of carbonyl (C=O) groups is 3. The van der Waals surface area contributed by atoms with Gasteiger partial charge in [-0.2, -0.15) is 0 Å². The highest BCUT2D eigenvalue weighted by Crippen LogP contribution is 2.03. The van der Waals surface area contributed by atoms with Crippen LogP contribution in [-0.2, 0) is 14.4 Å². The van der Waals surface area contributed by atoms with Gasteiger partial charge in [0.15, 0.2) is 0 Å². The molecule has 0 rings (SSSR count). The number of rotatable bonds is 7. The Morgan fingerprint density at radius 2 is 1.82 bits per heavy atom. The van der Waals surface area contributed by atoms with Crippen LogP contribution in [0.3, 0.4) is 0 Å². The van der Waals surface area contributed by atoms with E-state index >= 15 is 0 Å². The normalized spacial score (nSPS) is 14.1. The third kappa shape index (κ3) is 5.86. The predicted octanol–water partition coefficient (Wildman–Crippen LogP) is -1.20. The summed E-state index contributed by atoms with van der Waals surface area (Å²) in [5, 5.41) is 11.2. The highest BCUT2D eigenvalue weighted by Gasteiger charge is 2.25. The number of nitrogens with two attached hydrogens (primary N) is 2. The maximum Gasteiger partial charge on any atom is 0.326 e. The Hall–Kier alpha value is -1.63. The molecule has 0 bridgehead atoms. The molecule has 98 valence electrons. The predicted molar refractivity (Wildman–Crippen MR) is 60.8 cm³/mol. The minimum Gasteiger partial charge on any atom is -0.480 e. The zero-order valence-corrected chi connectivity index (χ0v) is 9.97. The molecule has 2 amide bonds. The highest BCUT2D eigenvalue weighted by molar-refractivity contribution is 5.87. The number of hydrogen-bond acceptors (Lipinski definition) is 4. The number of amides is 2. The van der Waals surface area contributed by atoms with Gasteiger partial charge >= 0.3 is 5.97 Å². The van der Waals surface area contributed by atoms with Crippen LogP contribution in [0.5, 0.6) is 0 Å². The molecule has 2 atom stereocenters. The first-order chi connectivity index (χ1) is 7.75. The monoisotopic (exact) mass is 245 g/mol. The Morgan fingerprint density at radius 1 is 1.29 bits per heavy atom. The lowest BCUT2D eigenvalue weighted by Crippen LogP contribution is -2.50. The van der Waals surface area contributed by atoms with Gasteiger partial charge < -0.3 is 21.9 Å². The summed E-state index contributed by atoms with van der Waals surface area (Å²) in [5.41, 5.74) is 10.4. The molecule has 0 aromatic heterocycles. The van der Waals surface area contributed by atoms with E-state index in [-0.39, 0.29) is 18.8 Å². The molecule has 0 aliphatic carbocycles. The molecule has 7 nitrogen and oxygen atoms in total. The molecule has 0 aliphatic rings. The van der Waals surface area contributed by atoms with Crippen LogP contribution in [0.15, 0.2) is 0 Å². The summed E-state index contributed by atoms with van der Waals surface area (Å²) in [6.45, 7) is 3.35. The maximum atomic E-state index is 11.5. The Bertz CT molecular complexity index is 304. The maximum absolute atomic E-state index is 11.5. The first-order valence-corrected chi connectivity index (χ1v) is 5.32. The number of aliphatic carboxylic acids is 1. The molecule has 0 aliphatic heterocycles. The van der Waals surface area contributed by atoms with Crippen LogP contribution in [-0.4, -0.2) is 35.0 Å². The smallest absolute Gasteiger partial charge is 0.326 e. The molecule has 17 heavy (non-hydrogen) atoms. The summed E-state index contributed by atoms with van der Waals surface area (Å²) in [6.07, 6.45) is 0.0968. The molecule has 0 fully saturated rings. The molecule has 0 aromatic rings. The van der Waals surface area contributed by atoms with Gasteiger partial charge in [0.05, 0.1) is 6.04 Å². The summed E-state index contributed by atoms with van der Waals surface area (Å²) >= 11 is 0. The fourth-order valence-corrected chi connectivity index (χ4v) is 1.20. The van der Waals surface area contributed by atoms with E-state index in [1.165, 1.54) is 0 Å². The van der Waals surface area contributed by atoms with Gasteiger partial charge in [0.2, 0.25) is 11.8 Å². The average molecular weight is 245 g/mol. The minimum atomic E-state index is -1.12. The highest BCUT2D eigenvalue weighted by atomic mass is 16.4. The molecule has 0 radical (unpaired) electrons. The van der Waals surface area contributed by atoms with Gasteiger partial charge in [-0.05, 0) is 12.3 Å². The Labute approximate surface area is 99.5 Å². The van der Waals surface area contributed by atoms with Crippen molar-refractivity contribution in [1.29, 1.82) is 0 Å². The van der Waals surface area contributed by atoms with E-state index in [1.807, 2.05) is 0 Å². The van der Waals surface area contributed by atoms with Crippen molar-refractivity contribution in [1.82, 2.24) is 5.32 Å². The van der Waals surface area contributed by atoms with E-state index in [1.54, 1.807) is 13.8 Å². The topological polar surface area (TPSA) is 136 Å². The SMILES string of the molecule is CC(C)C(NC(=O)C(N)CCC(N)=O)C(=O)O. The van der Waals surface area contributed by atoms with Gasteiger partial charge in [-0.3, -0.25) is 9.59 Å². The van der Waals surface area contributed by atoms with Crippen LogP contribution in [0, 0.1) is 5.92 Å². The lowest BCUT2D eigenvalue weighted by Gasteiger charge is -2.20. The largest absolute Gasteiger partial charge is 0.480 e. The molecule has 6 N–H and O–H groups in total. The van der Waals surface area contributed by atoms with E-state index in [0.717, 1.165) is 0 Å². The van der Waals surface area contributed by atoms with Crippen LogP contribution in [0.25, 0.3) is 0 Å². The van der Waals surface area contributed by atoms with Crippen molar-refractivity contribution in [2.24, 2.45) is 17.4 Å². The summed E-state index contributed by atoms with van der Waals surface area (Å²) < 4.78 is 0. The number of carboxylic acid groups (broad SMARTS) is 1. The molecular formula is C10H19N3O4. The average Bonchev–Trinajstić information content (AvgIpc) is 2.20. The Balaban J connectivity index is 4.31. The van der Waals surface area contributed by atoms with E-state index in [2.05, 4.69) is 5.32 Å². The molecule has 0 saturated carbocycles. The van der Waals surface area contributed by atoms with Crippen molar-refractivity contribution in [2.75, 3.05) is 0 Å². The van der Waals surface area contributed by atoms with Crippen LogP contribution in [0.2, 0.25) is 0 Å². The summed E-state index contributed by atoms with van der Waals surface area (Å²) in [7, 11) is 0. The quantitative estimate of drug-likeness (QED) is 0.447. The molecule has 0 saturated heterocycles. The second-order valence-corrected chi connectivity index (χ2v) is 4.18. The first-order valence-electron chi connectivity index (χ1n) is 5.32. The fraction of sp³-hybridized carbons (Fsp3) is 0.700. The van der Waals surface area contributed by atoms with Crippen molar-refractivity contribution in [3.05, 3.63) is 0 Å². The molecule has 7 heteroatoms. The summed E-state index contributed by atoms with van der Waals surface area (Å²) in [4.78, 5) is 32.9. The molecule has 0 aromatic carbocycles. The molecule has 0 spiro atoms. The molecule has 0 heterocycles. The lowest BCUT2D eigenvalue weighted by atomic mass is 10.0. The van der Waals surface area contributed by atoms with Crippen molar-refractivity contribution < 1.29 is 19.5 Å². The van der Waals surface area contributed by atoms with Gasteiger partial charge in [0.1, 0.15) is 6.04 Å². The fourth-order valence-electron chi connectivity index (χ4n) is 1.20. The Morgan fingerprint density at radius 3 is 2.18 bits per heavy atom. The number of hydrogen-bond donors (Lipinski definition) is 4. The minimum absolute atomic E-state index is 0.00595. The van der Waals surface area contributed by atoms with Gasteiger partial charge in [0.25, 0.3) is 0 Å². The molecular weight excluding hydrogens is 226 g/mol. The van der Waals surface area contributed by atoms with Crippen molar-refractivity contribution >= 4 is 17.8 Å². The number of primary amides is 1. The third-order valence-corrected chi connectivity index (χ3v) is 2.27. The second-order valence-electron chi connectivity index (χ2n) is 4.18. The number of nitrogens with one attached hydrogen (secondary N) is 1. The zero-order chi connectivity index (χ0) is 13.6. The standard InChI is InChI=1S/C10H19N3O4/c1-5(2)8(10(16)17)13-9(15)6(11)3-4-7(12)14/h5-6,8H,3-4,11H2,1-2H3,(H2,12,14)(H,13,15)(H,16,17). The van der Waals surface area contributed by atoms with Gasteiger partial charge in [-0.15, -0.1) is 0 Å². The van der Waals surface area contributed by atoms with Crippen molar-refractivity contribution in [3.8, 4) is 0 Å². The van der Waals surface area contributed by atoms with Crippen molar-refractivity contribution in [2.45, 2.75) is 38.8 Å². The van der Waals surface area contributed by atoms with Gasteiger partial charge in [-0.25, -0.2) is 4.79 Å². The van der Waals surface area contributed by atoms with E-state index in [9.17, 15) is 14.4 Å². The second kappa shape index (κ2) is 6.85. The first kappa shape index (κ1) is 15.4. The third-order valence-electron chi connectivity index (χ3n) is 2.27. The molecule has 2 unspecified atom stereocenters. The number of carboxylic acids is 1. The lowest BCUT2D eigenvalue weighted by molar-refractivity contribution is -0.143. The van der Waals surface area contributed by atoms with E-state index in [4.69, 9.17) is 16.6 Å². The Kier molecular flexibility index (Phi) is 6.19. The van der Waals surface area contributed by atoms with E-state index in [0.29, 0.717) is 0 Å². The van der Waals surface area contributed by atoms with Crippen molar-refractivity contribution in [3.63, 3.8) is 0 Å². The summed E-state index contributed by atoms with van der Waals surface area (Å²) in [5.74, 6) is -2.51. The van der Waals surface area contributed by atoms with E-state index < -0.39 is 29.9 Å². The van der Waals surface area contributed by atoms with Crippen LogP contribution in [0.4, 0.5) is 0 Å². The summed E-state index contributed by atoms with van der Waals surface area (Å²) in [6, 6.07) is -1.91. The van der Waals surface area contributed by atoms with Crippen LogP contribution < -0.4 is 16.8 Å². The van der Waals surface area contributed by atoms with Crippen LogP contribution >= 0.6 is 0 Å². The van der Waals surface area contributed by atoms with Gasteiger partial charge in [-0.1, -0.05) is 13.8 Å². The van der Waals surface area contributed by atoms with Crippen LogP contribution in [0.1, 0.15) is 26.7 Å².